The number of hydrogen-bond donors (Lipinski definition) is 3. The molecule has 1 heterocycles. The molecule has 1 aliphatic rings. The van der Waals surface area contributed by atoms with Crippen molar-refractivity contribution in [1.82, 2.24) is 15.6 Å². The normalized spacial score (nSPS) is 15.6. The van der Waals surface area contributed by atoms with Crippen LogP contribution in [0.3, 0.4) is 0 Å². The first-order valence-corrected chi connectivity index (χ1v) is 7.88. The predicted octanol–water partition coefficient (Wildman–Crippen LogP) is 2.79. The van der Waals surface area contributed by atoms with Crippen LogP contribution < -0.4 is 16.0 Å². The standard InChI is InChI=1S/C16H22F3N5/c1-20-15(24-13-5-2-3-6-13)22-10-4-9-21-14-8-7-12(11-23-14)16(17,18)19/h2-3,7-8,11,13H,4-6,9-10H2,1H3,(H,21,23)(H2,20,22,24). The third-order valence-electron chi connectivity index (χ3n) is 3.62. The van der Waals surface area contributed by atoms with Crippen molar-refractivity contribution in [2.75, 3.05) is 25.5 Å². The summed E-state index contributed by atoms with van der Waals surface area (Å²) in [5, 5.41) is 9.54. The third kappa shape index (κ3) is 5.75. The summed E-state index contributed by atoms with van der Waals surface area (Å²) in [6, 6.07) is 2.75. The van der Waals surface area contributed by atoms with Crippen molar-refractivity contribution < 1.29 is 13.2 Å². The first-order valence-electron chi connectivity index (χ1n) is 7.88. The highest BCUT2D eigenvalue weighted by molar-refractivity contribution is 5.80. The smallest absolute Gasteiger partial charge is 0.370 e. The number of alkyl halides is 3. The van der Waals surface area contributed by atoms with Crippen LogP contribution >= 0.6 is 0 Å². The summed E-state index contributed by atoms with van der Waals surface area (Å²) in [5.74, 6) is 1.19. The zero-order valence-corrected chi connectivity index (χ0v) is 13.5. The Balaban J connectivity index is 1.63. The van der Waals surface area contributed by atoms with Crippen LogP contribution in [-0.4, -0.2) is 37.1 Å². The summed E-state index contributed by atoms with van der Waals surface area (Å²) in [5.41, 5.74) is -0.744. The molecule has 0 amide bonds. The predicted molar refractivity (Wildman–Crippen MR) is 89.0 cm³/mol. The molecule has 24 heavy (non-hydrogen) atoms. The molecule has 0 saturated heterocycles. The zero-order chi connectivity index (χ0) is 17.4. The fraction of sp³-hybridized carbons (Fsp3) is 0.500. The van der Waals surface area contributed by atoms with Crippen molar-refractivity contribution in [3.8, 4) is 0 Å². The molecule has 1 aliphatic carbocycles. The number of anilines is 1. The van der Waals surface area contributed by atoms with Gasteiger partial charge in [-0.2, -0.15) is 13.2 Å². The van der Waals surface area contributed by atoms with Gasteiger partial charge in [0, 0.05) is 32.4 Å². The molecule has 3 N–H and O–H groups in total. The van der Waals surface area contributed by atoms with Gasteiger partial charge in [0.2, 0.25) is 0 Å². The van der Waals surface area contributed by atoms with Crippen LogP contribution in [0.5, 0.6) is 0 Å². The summed E-state index contributed by atoms with van der Waals surface area (Å²) in [4.78, 5) is 7.94. The summed E-state index contributed by atoms with van der Waals surface area (Å²) in [6.45, 7) is 1.31. The van der Waals surface area contributed by atoms with Gasteiger partial charge in [0.1, 0.15) is 5.82 Å². The first-order chi connectivity index (χ1) is 11.5. The zero-order valence-electron chi connectivity index (χ0n) is 13.5. The topological polar surface area (TPSA) is 61.3 Å². The number of rotatable bonds is 6. The van der Waals surface area contributed by atoms with Crippen molar-refractivity contribution >= 4 is 11.8 Å². The van der Waals surface area contributed by atoms with E-state index in [9.17, 15) is 13.2 Å². The molecule has 0 radical (unpaired) electrons. The average Bonchev–Trinajstić information content (AvgIpc) is 3.06. The van der Waals surface area contributed by atoms with Crippen molar-refractivity contribution in [1.29, 1.82) is 0 Å². The van der Waals surface area contributed by atoms with Crippen LogP contribution in [-0.2, 0) is 6.18 Å². The summed E-state index contributed by atoms with van der Waals surface area (Å²) in [6.07, 6.45) is 3.56. The molecule has 0 atom stereocenters. The molecule has 0 spiro atoms. The van der Waals surface area contributed by atoms with E-state index in [0.717, 1.165) is 37.5 Å². The van der Waals surface area contributed by atoms with E-state index in [1.807, 2.05) is 0 Å². The molecule has 0 unspecified atom stereocenters. The van der Waals surface area contributed by atoms with E-state index in [1.165, 1.54) is 6.07 Å². The van der Waals surface area contributed by atoms with Crippen LogP contribution in [0.25, 0.3) is 0 Å². The molecule has 2 rings (SSSR count). The molecule has 0 bridgehead atoms. The Morgan fingerprint density at radius 2 is 2.00 bits per heavy atom. The Kier molecular flexibility index (Phi) is 6.45. The minimum atomic E-state index is -4.35. The van der Waals surface area contributed by atoms with E-state index in [4.69, 9.17) is 0 Å². The lowest BCUT2D eigenvalue weighted by atomic mass is 10.2. The Bertz CT molecular complexity index is 558. The van der Waals surface area contributed by atoms with Crippen LogP contribution in [0.1, 0.15) is 24.8 Å². The monoisotopic (exact) mass is 341 g/mol. The molecule has 5 nitrogen and oxygen atoms in total. The van der Waals surface area contributed by atoms with Gasteiger partial charge in [-0.3, -0.25) is 4.99 Å². The molecule has 1 aromatic heterocycles. The van der Waals surface area contributed by atoms with Crippen molar-refractivity contribution in [3.05, 3.63) is 36.0 Å². The van der Waals surface area contributed by atoms with Crippen LogP contribution in [0.15, 0.2) is 35.5 Å². The number of halogens is 3. The summed E-state index contributed by atoms with van der Waals surface area (Å²) in [7, 11) is 1.72. The van der Waals surface area contributed by atoms with Gasteiger partial charge in [0.15, 0.2) is 5.96 Å². The SMILES string of the molecule is CN=C(NCCCNc1ccc(C(F)(F)F)cn1)NC1CC=CC1. The lowest BCUT2D eigenvalue weighted by Gasteiger charge is -2.17. The van der Waals surface area contributed by atoms with E-state index in [0.29, 0.717) is 24.9 Å². The Morgan fingerprint density at radius 3 is 2.58 bits per heavy atom. The Hall–Kier alpha value is -2.25. The van der Waals surface area contributed by atoms with E-state index >= 15 is 0 Å². The maximum Gasteiger partial charge on any atom is 0.417 e. The largest absolute Gasteiger partial charge is 0.417 e. The molecule has 8 heteroatoms. The van der Waals surface area contributed by atoms with Crippen LogP contribution in [0.2, 0.25) is 0 Å². The molecule has 132 valence electrons. The van der Waals surface area contributed by atoms with Gasteiger partial charge < -0.3 is 16.0 Å². The second kappa shape index (κ2) is 8.56. The Morgan fingerprint density at radius 1 is 1.25 bits per heavy atom. The number of aromatic nitrogens is 1. The average molecular weight is 341 g/mol. The second-order valence-electron chi connectivity index (χ2n) is 5.49. The van der Waals surface area contributed by atoms with E-state index in [-0.39, 0.29) is 0 Å². The van der Waals surface area contributed by atoms with Crippen LogP contribution in [0.4, 0.5) is 19.0 Å². The maximum atomic E-state index is 12.4. The number of guanidine groups is 1. The third-order valence-corrected chi connectivity index (χ3v) is 3.62. The summed E-state index contributed by atoms with van der Waals surface area (Å²) < 4.78 is 37.3. The first kappa shape index (κ1) is 18.1. The fourth-order valence-electron chi connectivity index (χ4n) is 2.30. The highest BCUT2D eigenvalue weighted by atomic mass is 19.4. The molecule has 0 saturated carbocycles. The van der Waals surface area contributed by atoms with Gasteiger partial charge in [-0.25, -0.2) is 4.98 Å². The van der Waals surface area contributed by atoms with Gasteiger partial charge in [-0.1, -0.05) is 12.2 Å². The summed E-state index contributed by atoms with van der Waals surface area (Å²) >= 11 is 0. The van der Waals surface area contributed by atoms with Crippen molar-refractivity contribution in [2.45, 2.75) is 31.5 Å². The molecule has 0 aliphatic heterocycles. The number of aliphatic imine (C=N–C) groups is 1. The number of pyridine rings is 1. The van der Waals surface area contributed by atoms with Gasteiger partial charge in [0.25, 0.3) is 0 Å². The maximum absolute atomic E-state index is 12.4. The molecule has 1 aromatic rings. The number of hydrogen-bond acceptors (Lipinski definition) is 3. The Labute approximate surface area is 139 Å². The fourth-order valence-corrected chi connectivity index (χ4v) is 2.30. The van der Waals surface area contributed by atoms with E-state index in [2.05, 4.69) is 38.1 Å². The van der Waals surface area contributed by atoms with E-state index < -0.39 is 11.7 Å². The molecular formula is C16H22F3N5. The van der Waals surface area contributed by atoms with Gasteiger partial charge in [-0.05, 0) is 31.4 Å². The number of nitrogens with zero attached hydrogens (tertiary/aromatic N) is 2. The molecule has 0 fully saturated rings. The van der Waals surface area contributed by atoms with Crippen molar-refractivity contribution in [3.63, 3.8) is 0 Å². The van der Waals surface area contributed by atoms with Crippen LogP contribution in [0, 0.1) is 0 Å². The highest BCUT2D eigenvalue weighted by Gasteiger charge is 2.30. The minimum Gasteiger partial charge on any atom is -0.370 e. The highest BCUT2D eigenvalue weighted by Crippen LogP contribution is 2.28. The van der Waals surface area contributed by atoms with Gasteiger partial charge in [-0.15, -0.1) is 0 Å². The lowest BCUT2D eigenvalue weighted by molar-refractivity contribution is -0.137. The van der Waals surface area contributed by atoms with Gasteiger partial charge in [0.05, 0.1) is 5.56 Å². The lowest BCUT2D eigenvalue weighted by Crippen LogP contribution is -2.43. The minimum absolute atomic E-state index is 0.394. The van der Waals surface area contributed by atoms with Crippen molar-refractivity contribution in [2.24, 2.45) is 4.99 Å². The second-order valence-corrected chi connectivity index (χ2v) is 5.49. The van der Waals surface area contributed by atoms with E-state index in [1.54, 1.807) is 7.05 Å². The van der Waals surface area contributed by atoms with Gasteiger partial charge >= 0.3 is 6.18 Å². The molecule has 0 aromatic carbocycles. The quantitative estimate of drug-likeness (QED) is 0.322. The molecular weight excluding hydrogens is 319 g/mol. The number of nitrogens with one attached hydrogen (secondary N) is 3.